The van der Waals surface area contributed by atoms with Crippen LogP contribution in [0.2, 0.25) is 10.0 Å². The Morgan fingerprint density at radius 3 is 2.79 bits per heavy atom. The molecule has 2 N–H and O–H groups in total. The molecule has 0 amide bonds. The van der Waals surface area contributed by atoms with Crippen molar-refractivity contribution < 1.29 is 0 Å². The van der Waals surface area contributed by atoms with Crippen molar-refractivity contribution >= 4 is 28.8 Å². The van der Waals surface area contributed by atoms with E-state index >= 15 is 0 Å². The molecule has 1 nitrogen and oxygen atoms in total. The van der Waals surface area contributed by atoms with Gasteiger partial charge < -0.3 is 5.73 Å². The van der Waals surface area contributed by atoms with Crippen molar-refractivity contribution in [2.75, 3.05) is 6.54 Å². The SMILES string of the molecule is CC(=CCCN)c1cccc(Cl)c1Cl. The number of allylic oxidation sites excluding steroid dienone is 1. The van der Waals surface area contributed by atoms with Gasteiger partial charge in [-0.3, -0.25) is 0 Å². The molecule has 0 radical (unpaired) electrons. The molecular formula is C11H13Cl2N. The fourth-order valence-electron chi connectivity index (χ4n) is 1.22. The highest BCUT2D eigenvalue weighted by Crippen LogP contribution is 2.30. The predicted molar refractivity (Wildman–Crippen MR) is 63.8 cm³/mol. The van der Waals surface area contributed by atoms with Crippen LogP contribution in [0.15, 0.2) is 24.3 Å². The van der Waals surface area contributed by atoms with Gasteiger partial charge in [0.1, 0.15) is 0 Å². The molecule has 0 fully saturated rings. The molecule has 0 unspecified atom stereocenters. The molecule has 0 heterocycles. The van der Waals surface area contributed by atoms with Crippen LogP contribution in [-0.2, 0) is 0 Å². The van der Waals surface area contributed by atoms with Gasteiger partial charge in [0, 0.05) is 0 Å². The summed E-state index contributed by atoms with van der Waals surface area (Å²) in [7, 11) is 0. The van der Waals surface area contributed by atoms with Crippen LogP contribution in [0.4, 0.5) is 0 Å². The Hall–Kier alpha value is -0.500. The molecule has 0 spiro atoms. The zero-order valence-corrected chi connectivity index (χ0v) is 9.57. The quantitative estimate of drug-likeness (QED) is 0.840. The van der Waals surface area contributed by atoms with Gasteiger partial charge in [-0.25, -0.2) is 0 Å². The van der Waals surface area contributed by atoms with E-state index in [0.717, 1.165) is 17.6 Å². The average molecular weight is 230 g/mol. The summed E-state index contributed by atoms with van der Waals surface area (Å²) in [4.78, 5) is 0. The van der Waals surface area contributed by atoms with E-state index in [-0.39, 0.29) is 0 Å². The van der Waals surface area contributed by atoms with Gasteiger partial charge in [-0.1, -0.05) is 41.4 Å². The minimum Gasteiger partial charge on any atom is -0.330 e. The maximum absolute atomic E-state index is 6.06. The summed E-state index contributed by atoms with van der Waals surface area (Å²) in [5.74, 6) is 0. The van der Waals surface area contributed by atoms with E-state index in [1.807, 2.05) is 19.1 Å². The number of benzene rings is 1. The molecular weight excluding hydrogens is 217 g/mol. The third-order valence-electron chi connectivity index (χ3n) is 1.99. The van der Waals surface area contributed by atoms with Gasteiger partial charge in [0.2, 0.25) is 0 Å². The van der Waals surface area contributed by atoms with E-state index in [1.54, 1.807) is 6.07 Å². The molecule has 1 aromatic rings. The smallest absolute Gasteiger partial charge is 0.0667 e. The van der Waals surface area contributed by atoms with Crippen molar-refractivity contribution in [2.24, 2.45) is 5.73 Å². The Morgan fingerprint density at radius 2 is 2.14 bits per heavy atom. The molecule has 0 aliphatic rings. The molecule has 0 bridgehead atoms. The van der Waals surface area contributed by atoms with Crippen LogP contribution in [0, 0.1) is 0 Å². The Morgan fingerprint density at radius 1 is 1.43 bits per heavy atom. The van der Waals surface area contributed by atoms with E-state index in [2.05, 4.69) is 6.08 Å². The first-order chi connectivity index (χ1) is 6.66. The van der Waals surface area contributed by atoms with Gasteiger partial charge in [0.15, 0.2) is 0 Å². The predicted octanol–water partition coefficient (Wildman–Crippen LogP) is 3.75. The van der Waals surface area contributed by atoms with Crippen LogP contribution in [0.25, 0.3) is 5.57 Å². The van der Waals surface area contributed by atoms with E-state index in [9.17, 15) is 0 Å². The topological polar surface area (TPSA) is 26.0 Å². The number of nitrogens with two attached hydrogens (primary N) is 1. The summed E-state index contributed by atoms with van der Waals surface area (Å²) in [5.41, 5.74) is 7.51. The molecule has 0 saturated carbocycles. The molecule has 0 saturated heterocycles. The average Bonchev–Trinajstić information content (AvgIpc) is 2.18. The first kappa shape index (κ1) is 11.6. The maximum Gasteiger partial charge on any atom is 0.0667 e. The second-order valence-corrected chi connectivity index (χ2v) is 3.85. The van der Waals surface area contributed by atoms with Gasteiger partial charge in [-0.2, -0.15) is 0 Å². The van der Waals surface area contributed by atoms with E-state index < -0.39 is 0 Å². The summed E-state index contributed by atoms with van der Waals surface area (Å²) >= 11 is 12.0. The van der Waals surface area contributed by atoms with Crippen molar-refractivity contribution in [3.8, 4) is 0 Å². The minimum atomic E-state index is 0.588. The lowest BCUT2D eigenvalue weighted by Gasteiger charge is -2.05. The van der Waals surface area contributed by atoms with Crippen molar-refractivity contribution in [1.29, 1.82) is 0 Å². The molecule has 14 heavy (non-hydrogen) atoms. The van der Waals surface area contributed by atoms with E-state index in [1.165, 1.54) is 0 Å². The summed E-state index contributed by atoms with van der Waals surface area (Å²) in [6.07, 6.45) is 2.92. The molecule has 0 aliphatic carbocycles. The van der Waals surface area contributed by atoms with E-state index in [4.69, 9.17) is 28.9 Å². The Balaban J connectivity index is 3.01. The molecule has 0 aliphatic heterocycles. The maximum atomic E-state index is 6.06. The van der Waals surface area contributed by atoms with Crippen LogP contribution < -0.4 is 5.73 Å². The molecule has 1 aromatic carbocycles. The van der Waals surface area contributed by atoms with E-state index in [0.29, 0.717) is 16.6 Å². The normalized spacial score (nSPS) is 11.9. The zero-order chi connectivity index (χ0) is 10.6. The van der Waals surface area contributed by atoms with Gasteiger partial charge in [-0.05, 0) is 37.1 Å². The highest BCUT2D eigenvalue weighted by molar-refractivity contribution is 6.43. The Labute approximate surface area is 94.5 Å². The van der Waals surface area contributed by atoms with Gasteiger partial charge >= 0.3 is 0 Å². The Kier molecular flexibility index (Phi) is 4.46. The van der Waals surface area contributed by atoms with Gasteiger partial charge in [0.05, 0.1) is 10.0 Å². The standard InChI is InChI=1S/C11H13Cl2N/c1-8(4-3-7-14)9-5-2-6-10(12)11(9)13/h2,4-6H,3,7,14H2,1H3. The summed E-state index contributed by atoms with van der Waals surface area (Å²) in [6, 6.07) is 5.63. The van der Waals surface area contributed by atoms with Crippen LogP contribution in [0.5, 0.6) is 0 Å². The lowest BCUT2D eigenvalue weighted by atomic mass is 10.1. The second kappa shape index (κ2) is 5.40. The summed E-state index contributed by atoms with van der Waals surface area (Å²) < 4.78 is 0. The van der Waals surface area contributed by atoms with Crippen LogP contribution in [0.1, 0.15) is 18.9 Å². The number of hydrogen-bond acceptors (Lipinski definition) is 1. The van der Waals surface area contributed by atoms with Crippen LogP contribution >= 0.6 is 23.2 Å². The summed E-state index contributed by atoms with van der Waals surface area (Å²) in [5, 5.41) is 1.20. The molecule has 0 aromatic heterocycles. The fourth-order valence-corrected chi connectivity index (χ4v) is 1.67. The van der Waals surface area contributed by atoms with Crippen LogP contribution in [0.3, 0.4) is 0 Å². The fraction of sp³-hybridized carbons (Fsp3) is 0.273. The Bertz CT molecular complexity index is 345. The lowest BCUT2D eigenvalue weighted by Crippen LogP contribution is -1.96. The first-order valence-corrected chi connectivity index (χ1v) is 5.23. The number of halogens is 2. The highest BCUT2D eigenvalue weighted by atomic mass is 35.5. The number of hydrogen-bond donors (Lipinski definition) is 1. The monoisotopic (exact) mass is 229 g/mol. The van der Waals surface area contributed by atoms with Crippen LogP contribution in [-0.4, -0.2) is 6.54 Å². The number of rotatable bonds is 3. The minimum absolute atomic E-state index is 0.588. The second-order valence-electron chi connectivity index (χ2n) is 3.07. The molecule has 3 heteroatoms. The van der Waals surface area contributed by atoms with Crippen molar-refractivity contribution in [2.45, 2.75) is 13.3 Å². The largest absolute Gasteiger partial charge is 0.330 e. The highest BCUT2D eigenvalue weighted by Gasteiger charge is 2.04. The first-order valence-electron chi connectivity index (χ1n) is 4.48. The lowest BCUT2D eigenvalue weighted by molar-refractivity contribution is 1.01. The third-order valence-corrected chi connectivity index (χ3v) is 2.81. The van der Waals surface area contributed by atoms with Gasteiger partial charge in [-0.15, -0.1) is 0 Å². The van der Waals surface area contributed by atoms with Crippen molar-refractivity contribution in [3.05, 3.63) is 39.9 Å². The van der Waals surface area contributed by atoms with Crippen molar-refractivity contribution in [3.63, 3.8) is 0 Å². The van der Waals surface area contributed by atoms with Crippen molar-refractivity contribution in [1.82, 2.24) is 0 Å². The third kappa shape index (κ3) is 2.74. The van der Waals surface area contributed by atoms with Gasteiger partial charge in [0.25, 0.3) is 0 Å². The zero-order valence-electron chi connectivity index (χ0n) is 8.06. The molecule has 76 valence electrons. The summed E-state index contributed by atoms with van der Waals surface area (Å²) in [6.45, 7) is 2.66. The molecule has 0 atom stereocenters. The molecule has 1 rings (SSSR count).